The number of ether oxygens (including phenoxy) is 1. The summed E-state index contributed by atoms with van der Waals surface area (Å²) in [5.74, 6) is -14.2. The molecule has 1 unspecified atom stereocenters. The molecule has 3 aliphatic heterocycles. The molecule has 1 fully saturated rings. The van der Waals surface area contributed by atoms with Gasteiger partial charge in [-0.05, 0) is 70.8 Å². The van der Waals surface area contributed by atoms with Crippen molar-refractivity contribution in [3.05, 3.63) is 23.8 Å². The Kier molecular flexibility index (Phi) is 21.2. The number of amides is 7. The first kappa shape index (κ1) is 60.6. The van der Waals surface area contributed by atoms with Crippen LogP contribution in [0.5, 0.6) is 5.75 Å². The van der Waals surface area contributed by atoms with E-state index in [0.717, 1.165) is 4.90 Å². The molecule has 4 heterocycles. The minimum atomic E-state index is -2.34. The summed E-state index contributed by atoms with van der Waals surface area (Å²) in [5.41, 5.74) is 5.79. The van der Waals surface area contributed by atoms with Crippen molar-refractivity contribution < 1.29 is 72.2 Å². The number of phenols is 1. The van der Waals surface area contributed by atoms with E-state index in [1.807, 2.05) is 34.7 Å². The Morgan fingerprint density at radius 2 is 1.61 bits per heavy atom. The SMILES string of the molecule is CC[C@H](C)[C@H]1CC(=O)NCC(=O)N[C@H]2CS(=O)c3[nH]c4cc(O)ccc4c3C[C@H](CC(=O)[C@H]([C@@H](C)[C@@H](O)COC(=O)CCCN(C)C(C)(C)C)NC(=O)[C@@H]3C[C@@H](O)CN3C(=O)[C@H](CC(N)=O)CC2=O)C(=O)NCC(=O)N1. The fraction of sp³-hybridized carbons (Fsp3) is 0.647. The van der Waals surface area contributed by atoms with E-state index in [1.165, 1.54) is 25.1 Å². The molecule has 24 nitrogen and oxygen atoms in total. The smallest absolute Gasteiger partial charge is 0.305 e. The normalized spacial score (nSPS) is 26.5. The lowest BCUT2D eigenvalue weighted by Crippen LogP contribution is -2.56. The number of aromatic nitrogens is 1. The second-order valence-corrected chi connectivity index (χ2v) is 22.8. The topological polar surface area (TPSA) is 366 Å². The number of aromatic hydroxyl groups is 1. The fourth-order valence-electron chi connectivity index (χ4n) is 9.47. The van der Waals surface area contributed by atoms with Crippen LogP contribution in [0.4, 0.5) is 0 Å². The first-order chi connectivity index (χ1) is 35.7. The highest BCUT2D eigenvalue weighted by atomic mass is 32.2. The Morgan fingerprint density at radius 3 is 2.28 bits per heavy atom. The van der Waals surface area contributed by atoms with Crippen LogP contribution in [-0.4, -0.2) is 181 Å². The number of carbonyl (C=O) groups excluding carboxylic acids is 10. The molecule has 0 saturated carbocycles. The number of nitrogens with two attached hydrogens (primary N) is 1. The molecular formula is C51H75N9O15S. The highest BCUT2D eigenvalue weighted by Gasteiger charge is 2.45. The summed E-state index contributed by atoms with van der Waals surface area (Å²) < 4.78 is 20.3. The molecule has 5 rings (SSSR count). The first-order valence-electron chi connectivity index (χ1n) is 25.7. The maximum Gasteiger partial charge on any atom is 0.305 e. The van der Waals surface area contributed by atoms with Crippen LogP contribution in [0.15, 0.2) is 23.2 Å². The highest BCUT2D eigenvalue weighted by Crippen LogP contribution is 2.33. The predicted molar refractivity (Wildman–Crippen MR) is 275 cm³/mol. The fourth-order valence-corrected chi connectivity index (χ4v) is 10.9. The number of ketones is 2. The van der Waals surface area contributed by atoms with E-state index in [1.54, 1.807) is 6.92 Å². The van der Waals surface area contributed by atoms with Crippen molar-refractivity contribution in [2.24, 2.45) is 29.4 Å². The number of benzene rings is 1. The zero-order chi connectivity index (χ0) is 56.3. The third kappa shape index (κ3) is 16.4. The lowest BCUT2D eigenvalue weighted by molar-refractivity contribution is -0.149. The number of aromatic amines is 1. The number of aliphatic hydroxyl groups excluding tert-OH is 2. The molecule has 11 atom stereocenters. The Hall–Kier alpha value is -6.31. The highest BCUT2D eigenvalue weighted by molar-refractivity contribution is 7.85. The lowest BCUT2D eigenvalue weighted by Gasteiger charge is -2.32. The average molecular weight is 1090 g/mol. The maximum absolute atomic E-state index is 15.0. The number of nitrogens with zero attached hydrogens (tertiary/aromatic N) is 2. The van der Waals surface area contributed by atoms with Crippen molar-refractivity contribution in [1.29, 1.82) is 0 Å². The number of esters is 1. The second kappa shape index (κ2) is 26.6. The molecule has 11 N–H and O–H groups in total. The number of hydrogen-bond acceptors (Lipinski definition) is 16. The van der Waals surface area contributed by atoms with Crippen molar-refractivity contribution in [3.8, 4) is 5.75 Å². The third-order valence-corrected chi connectivity index (χ3v) is 16.1. The predicted octanol–water partition coefficient (Wildman–Crippen LogP) is -1.29. The molecule has 7 amide bonds. The number of hydrogen-bond donors (Lipinski definition) is 10. The molecule has 0 aliphatic carbocycles. The van der Waals surface area contributed by atoms with Gasteiger partial charge < -0.3 is 67.2 Å². The zero-order valence-electron chi connectivity index (χ0n) is 44.2. The van der Waals surface area contributed by atoms with E-state index in [2.05, 4.69) is 36.5 Å². The first-order valence-corrected chi connectivity index (χ1v) is 27.0. The minimum Gasteiger partial charge on any atom is -0.508 e. The summed E-state index contributed by atoms with van der Waals surface area (Å²) in [6.45, 7) is 9.16. The van der Waals surface area contributed by atoms with E-state index in [0.29, 0.717) is 24.8 Å². The molecule has 1 aromatic heterocycles. The summed E-state index contributed by atoms with van der Waals surface area (Å²) in [4.78, 5) is 145. The lowest BCUT2D eigenvalue weighted by atomic mass is 9.85. The van der Waals surface area contributed by atoms with Crippen LogP contribution in [0.3, 0.4) is 0 Å². The number of Topliss-reactive ketones (excluding diaryl/α,β-unsaturated/α-hetero) is 2. The van der Waals surface area contributed by atoms with Gasteiger partial charge >= 0.3 is 5.97 Å². The molecule has 1 aromatic carbocycles. The third-order valence-electron chi connectivity index (χ3n) is 14.7. The summed E-state index contributed by atoms with van der Waals surface area (Å²) in [6, 6.07) is -1.66. The molecule has 420 valence electrons. The Balaban J connectivity index is 1.66. The van der Waals surface area contributed by atoms with Gasteiger partial charge in [0.2, 0.25) is 41.4 Å². The zero-order valence-corrected chi connectivity index (χ0v) is 45.0. The molecule has 25 heteroatoms. The van der Waals surface area contributed by atoms with Crippen molar-refractivity contribution in [2.75, 3.05) is 45.6 Å². The Bertz CT molecular complexity index is 2550. The van der Waals surface area contributed by atoms with E-state index in [4.69, 9.17) is 10.5 Å². The van der Waals surface area contributed by atoms with Crippen LogP contribution in [0.2, 0.25) is 0 Å². The van der Waals surface area contributed by atoms with Crippen LogP contribution in [-0.2, 0) is 69.9 Å². The van der Waals surface area contributed by atoms with Gasteiger partial charge in [0.05, 0.1) is 65.4 Å². The summed E-state index contributed by atoms with van der Waals surface area (Å²) in [7, 11) is -0.437. The van der Waals surface area contributed by atoms with Crippen molar-refractivity contribution in [1.82, 2.24) is 41.4 Å². The van der Waals surface area contributed by atoms with Crippen LogP contribution in [0.25, 0.3) is 10.9 Å². The number of primary amides is 1. The van der Waals surface area contributed by atoms with E-state index in [9.17, 15) is 62.7 Å². The van der Waals surface area contributed by atoms with Crippen LogP contribution in [0.1, 0.15) is 98.5 Å². The number of rotatable bonds is 12. The standard InChI is InChI=1S/C51H75N9O15S/c1-8-26(2)34-20-42(67)53-21-43(68)56-36-25-76(74)49-33(32-12-11-30(61)18-35(32)57-49)14-28(47(71)54-22-44(69)55-34)15-39(64)46(27(3)40(65)24-75-45(70)10-9-13-59(7)51(4,5)6)58-48(72)37-19-31(62)23-60(37)50(73)29(16-38(36)63)17-41(52)66/h11-12,18,26-29,31,34,36-37,40,46,57,61-62,65H,8-10,13-17,19-25H2,1-7H3,(H2,52,66)(H,53,67)(H,54,71)(H,55,69)(H,56,68)(H,58,72)/t26-,27-,28+,29-,31+,34+,36-,37-,40-,46-,76?/m0/s1. The van der Waals surface area contributed by atoms with Crippen LogP contribution < -0.4 is 32.3 Å². The van der Waals surface area contributed by atoms with Gasteiger partial charge in [-0.1, -0.05) is 27.2 Å². The Labute approximate surface area is 443 Å². The molecule has 2 bridgehead atoms. The van der Waals surface area contributed by atoms with Gasteiger partial charge in [-0.2, -0.15) is 0 Å². The molecule has 76 heavy (non-hydrogen) atoms. The average Bonchev–Trinajstić information content (AvgIpc) is 3.92. The van der Waals surface area contributed by atoms with Crippen molar-refractivity contribution >= 4 is 80.6 Å². The van der Waals surface area contributed by atoms with Gasteiger partial charge in [-0.3, -0.25) is 52.2 Å². The molecule has 3 aliphatic rings. The summed E-state index contributed by atoms with van der Waals surface area (Å²) in [5, 5.41) is 46.1. The number of H-pyrrole nitrogens is 1. The second-order valence-electron chi connectivity index (χ2n) is 21.3. The molecule has 0 spiro atoms. The van der Waals surface area contributed by atoms with Crippen molar-refractivity contribution in [2.45, 2.75) is 146 Å². The minimum absolute atomic E-state index is 0.00517. The quantitative estimate of drug-likeness (QED) is 0.111. The van der Waals surface area contributed by atoms with Gasteiger partial charge in [0.1, 0.15) is 23.4 Å². The van der Waals surface area contributed by atoms with E-state index in [-0.39, 0.29) is 52.6 Å². The van der Waals surface area contributed by atoms with Gasteiger partial charge in [-0.25, -0.2) is 0 Å². The largest absolute Gasteiger partial charge is 0.508 e. The molecule has 1 saturated heterocycles. The van der Waals surface area contributed by atoms with Crippen molar-refractivity contribution in [3.63, 3.8) is 0 Å². The number of phenolic OH excluding ortho intramolecular Hbond substituents is 1. The van der Waals surface area contributed by atoms with Gasteiger partial charge in [0.15, 0.2) is 11.6 Å². The number of fused-ring (bicyclic) bond motifs is 5. The van der Waals surface area contributed by atoms with Crippen LogP contribution in [0, 0.1) is 23.7 Å². The molecular weight excluding hydrogens is 1010 g/mol. The van der Waals surface area contributed by atoms with Gasteiger partial charge in [0, 0.05) is 79.9 Å². The molecule has 0 radical (unpaired) electrons. The Morgan fingerprint density at radius 1 is 0.921 bits per heavy atom. The maximum atomic E-state index is 15.0. The monoisotopic (exact) mass is 1090 g/mol. The van der Waals surface area contributed by atoms with E-state index >= 15 is 4.79 Å². The molecule has 2 aromatic rings. The summed E-state index contributed by atoms with van der Waals surface area (Å²) >= 11 is 0. The summed E-state index contributed by atoms with van der Waals surface area (Å²) in [6.07, 6.45) is -5.45. The van der Waals surface area contributed by atoms with Gasteiger partial charge in [0.25, 0.3) is 0 Å². The van der Waals surface area contributed by atoms with Gasteiger partial charge in [-0.15, -0.1) is 0 Å². The van der Waals surface area contributed by atoms with Crippen LogP contribution >= 0.6 is 0 Å². The number of nitrogens with one attached hydrogen (secondary N) is 6. The van der Waals surface area contributed by atoms with E-state index < -0.39 is 181 Å². The number of carbonyl (C=O) groups is 10. The number of aliphatic hydroxyl groups is 2.